The molecule has 7 nitrogen and oxygen atoms in total. The van der Waals surface area contributed by atoms with Crippen LogP contribution in [0.1, 0.15) is 27.2 Å². The minimum absolute atomic E-state index is 0.0896. The Bertz CT molecular complexity index is 548. The number of aromatic nitrogens is 2. The maximum atomic E-state index is 11.9. The van der Waals surface area contributed by atoms with Crippen molar-refractivity contribution in [1.82, 2.24) is 9.55 Å². The van der Waals surface area contributed by atoms with Gasteiger partial charge >= 0.3 is 5.69 Å². The normalized spacial score (nSPS) is 12.7. The Hall–Kier alpha value is -1.76. The van der Waals surface area contributed by atoms with Crippen LogP contribution in [-0.2, 0) is 11.3 Å². The van der Waals surface area contributed by atoms with Crippen molar-refractivity contribution >= 4 is 11.5 Å². The predicted molar refractivity (Wildman–Crippen MR) is 80.2 cm³/mol. The zero-order valence-electron chi connectivity index (χ0n) is 12.5. The van der Waals surface area contributed by atoms with Crippen LogP contribution in [0.5, 0.6) is 0 Å². The second kappa shape index (κ2) is 7.14. The van der Waals surface area contributed by atoms with E-state index >= 15 is 0 Å². The van der Waals surface area contributed by atoms with Gasteiger partial charge < -0.3 is 15.8 Å². The molecule has 1 aromatic rings. The van der Waals surface area contributed by atoms with Crippen LogP contribution in [0, 0.1) is 5.92 Å². The summed E-state index contributed by atoms with van der Waals surface area (Å²) in [6.45, 7) is 6.82. The molecule has 0 fully saturated rings. The van der Waals surface area contributed by atoms with Gasteiger partial charge in [0.2, 0.25) is 0 Å². The minimum atomic E-state index is -0.522. The molecular formula is C13H24N4O3. The van der Waals surface area contributed by atoms with Gasteiger partial charge in [-0.2, -0.15) is 0 Å². The van der Waals surface area contributed by atoms with Crippen LogP contribution in [-0.4, -0.2) is 29.3 Å². The third-order valence-corrected chi connectivity index (χ3v) is 2.97. The van der Waals surface area contributed by atoms with Crippen LogP contribution < -0.4 is 22.3 Å². The fourth-order valence-electron chi connectivity index (χ4n) is 2.14. The zero-order chi connectivity index (χ0) is 15.3. The molecule has 0 aliphatic rings. The number of nitrogens with zero attached hydrogens (tertiary/aromatic N) is 1. The molecule has 0 saturated heterocycles. The Morgan fingerprint density at radius 2 is 2.00 bits per heavy atom. The van der Waals surface area contributed by atoms with E-state index in [1.807, 2.05) is 6.92 Å². The van der Waals surface area contributed by atoms with Gasteiger partial charge in [-0.1, -0.05) is 13.8 Å². The Labute approximate surface area is 118 Å². The highest BCUT2D eigenvalue weighted by atomic mass is 16.5. The van der Waals surface area contributed by atoms with E-state index in [2.05, 4.69) is 24.1 Å². The van der Waals surface area contributed by atoms with Crippen LogP contribution in [0.2, 0.25) is 0 Å². The number of nitrogens with one attached hydrogen (secondary N) is 2. The van der Waals surface area contributed by atoms with E-state index in [4.69, 9.17) is 10.5 Å². The second-order valence-electron chi connectivity index (χ2n) is 5.34. The number of hydrogen-bond donors (Lipinski definition) is 3. The maximum absolute atomic E-state index is 11.9. The van der Waals surface area contributed by atoms with Crippen LogP contribution in [0.3, 0.4) is 0 Å². The highest BCUT2D eigenvalue weighted by Crippen LogP contribution is 2.14. The lowest BCUT2D eigenvalue weighted by Gasteiger charge is -2.19. The molecule has 0 radical (unpaired) electrons. The zero-order valence-corrected chi connectivity index (χ0v) is 12.5. The first kappa shape index (κ1) is 16.3. The summed E-state index contributed by atoms with van der Waals surface area (Å²) in [7, 11) is 1.54. The molecule has 20 heavy (non-hydrogen) atoms. The van der Waals surface area contributed by atoms with Crippen molar-refractivity contribution in [2.75, 3.05) is 24.8 Å². The first-order valence-corrected chi connectivity index (χ1v) is 6.74. The largest absolute Gasteiger partial charge is 0.383 e. The van der Waals surface area contributed by atoms with Gasteiger partial charge in [0.1, 0.15) is 11.5 Å². The van der Waals surface area contributed by atoms with E-state index in [1.165, 1.54) is 11.7 Å². The predicted octanol–water partition coefficient (Wildman–Crippen LogP) is 0.612. The third kappa shape index (κ3) is 4.12. The monoisotopic (exact) mass is 284 g/mol. The number of anilines is 2. The average molecular weight is 284 g/mol. The number of aromatic amines is 1. The molecule has 0 aliphatic heterocycles. The topological polar surface area (TPSA) is 102 Å². The quantitative estimate of drug-likeness (QED) is 0.681. The third-order valence-electron chi connectivity index (χ3n) is 2.97. The van der Waals surface area contributed by atoms with Crippen molar-refractivity contribution in [3.63, 3.8) is 0 Å². The van der Waals surface area contributed by atoms with Crippen LogP contribution >= 0.6 is 0 Å². The first-order valence-electron chi connectivity index (χ1n) is 6.74. The summed E-state index contributed by atoms with van der Waals surface area (Å²) in [5.41, 5.74) is 5.16. The van der Waals surface area contributed by atoms with Crippen molar-refractivity contribution in [2.45, 2.75) is 39.8 Å². The highest BCUT2D eigenvalue weighted by Gasteiger charge is 2.14. The van der Waals surface area contributed by atoms with Crippen LogP contribution in [0.25, 0.3) is 0 Å². The summed E-state index contributed by atoms with van der Waals surface area (Å²) in [5, 5.41) is 3.08. The molecule has 1 aromatic heterocycles. The van der Waals surface area contributed by atoms with Gasteiger partial charge in [0.05, 0.1) is 13.2 Å². The SMILES string of the molecule is COCCn1c(N)c(NC(C)CC(C)C)c(=O)[nH]c1=O. The molecule has 1 unspecified atom stereocenters. The Balaban J connectivity index is 3.07. The Kier molecular flexibility index (Phi) is 5.82. The van der Waals surface area contributed by atoms with Crippen molar-refractivity contribution in [3.05, 3.63) is 20.8 Å². The molecule has 0 aromatic carbocycles. The summed E-state index contributed by atoms with van der Waals surface area (Å²) in [5.74, 6) is 0.642. The van der Waals surface area contributed by atoms with Gasteiger partial charge in [-0.05, 0) is 19.3 Å². The molecule has 7 heteroatoms. The summed E-state index contributed by atoms with van der Waals surface area (Å²) in [6.07, 6.45) is 0.899. The molecule has 1 heterocycles. The van der Waals surface area contributed by atoms with E-state index in [-0.39, 0.29) is 17.5 Å². The van der Waals surface area contributed by atoms with Gasteiger partial charge in [0, 0.05) is 13.2 Å². The van der Waals surface area contributed by atoms with E-state index in [0.29, 0.717) is 19.1 Å². The maximum Gasteiger partial charge on any atom is 0.330 e. The molecule has 114 valence electrons. The lowest BCUT2D eigenvalue weighted by Crippen LogP contribution is -2.36. The molecule has 0 bridgehead atoms. The summed E-state index contributed by atoms with van der Waals surface area (Å²) < 4.78 is 6.23. The minimum Gasteiger partial charge on any atom is -0.383 e. The fraction of sp³-hybridized carbons (Fsp3) is 0.692. The van der Waals surface area contributed by atoms with Gasteiger partial charge in [-0.3, -0.25) is 14.3 Å². The fourth-order valence-corrected chi connectivity index (χ4v) is 2.14. The molecule has 1 rings (SSSR count). The van der Waals surface area contributed by atoms with Gasteiger partial charge in [-0.25, -0.2) is 4.79 Å². The number of hydrogen-bond acceptors (Lipinski definition) is 5. The summed E-state index contributed by atoms with van der Waals surface area (Å²) >= 11 is 0. The Morgan fingerprint density at radius 1 is 1.35 bits per heavy atom. The number of ether oxygens (including phenoxy) is 1. The number of nitrogens with two attached hydrogens (primary N) is 1. The van der Waals surface area contributed by atoms with Gasteiger partial charge in [0.25, 0.3) is 5.56 Å². The van der Waals surface area contributed by atoms with Crippen molar-refractivity contribution in [2.24, 2.45) is 5.92 Å². The Morgan fingerprint density at radius 3 is 2.55 bits per heavy atom. The van der Waals surface area contributed by atoms with E-state index in [9.17, 15) is 9.59 Å². The van der Waals surface area contributed by atoms with Crippen LogP contribution in [0.15, 0.2) is 9.59 Å². The number of rotatable bonds is 7. The number of nitrogen functional groups attached to an aromatic ring is 1. The average Bonchev–Trinajstić information content (AvgIpc) is 2.33. The van der Waals surface area contributed by atoms with Gasteiger partial charge in [0.15, 0.2) is 0 Å². The molecule has 0 spiro atoms. The van der Waals surface area contributed by atoms with Crippen molar-refractivity contribution in [3.8, 4) is 0 Å². The molecule has 0 saturated carbocycles. The summed E-state index contributed by atoms with van der Waals surface area (Å²) in [4.78, 5) is 25.9. The number of methoxy groups -OCH3 is 1. The lowest BCUT2D eigenvalue weighted by molar-refractivity contribution is 0.186. The standard InChI is InChI=1S/C13H24N4O3/c1-8(2)7-9(3)15-10-11(14)17(5-6-20-4)13(19)16-12(10)18/h8-9,15H,5-7,14H2,1-4H3,(H,16,18,19). The lowest BCUT2D eigenvalue weighted by atomic mass is 10.1. The van der Waals surface area contributed by atoms with Crippen molar-refractivity contribution < 1.29 is 4.74 Å². The summed E-state index contributed by atoms with van der Waals surface area (Å²) in [6, 6.07) is 0.0896. The van der Waals surface area contributed by atoms with E-state index < -0.39 is 11.2 Å². The van der Waals surface area contributed by atoms with E-state index in [0.717, 1.165) is 6.42 Å². The second-order valence-corrected chi connectivity index (χ2v) is 5.34. The molecule has 4 N–H and O–H groups in total. The molecule has 0 amide bonds. The molecule has 0 aliphatic carbocycles. The molecular weight excluding hydrogens is 260 g/mol. The smallest absolute Gasteiger partial charge is 0.330 e. The van der Waals surface area contributed by atoms with E-state index in [1.54, 1.807) is 0 Å². The van der Waals surface area contributed by atoms with Crippen molar-refractivity contribution in [1.29, 1.82) is 0 Å². The highest BCUT2D eigenvalue weighted by molar-refractivity contribution is 5.60. The van der Waals surface area contributed by atoms with Crippen LogP contribution in [0.4, 0.5) is 11.5 Å². The molecule has 1 atom stereocenters. The number of H-pyrrole nitrogens is 1. The van der Waals surface area contributed by atoms with Gasteiger partial charge in [-0.15, -0.1) is 0 Å². The first-order chi connectivity index (χ1) is 9.36.